The van der Waals surface area contributed by atoms with Crippen LogP contribution in [0.2, 0.25) is 0 Å². The molecule has 0 bridgehead atoms. The second kappa shape index (κ2) is 9.47. The van der Waals surface area contributed by atoms with Gasteiger partial charge in [0.1, 0.15) is 0 Å². The van der Waals surface area contributed by atoms with Crippen molar-refractivity contribution >= 4 is 29.9 Å². The molecule has 1 aliphatic heterocycles. The van der Waals surface area contributed by atoms with Crippen LogP contribution in [-0.2, 0) is 11.3 Å². The molecule has 0 spiro atoms. The van der Waals surface area contributed by atoms with E-state index in [1.807, 2.05) is 13.1 Å². The molecule has 0 amide bonds. The number of nitrogens with zero attached hydrogens (tertiary/aromatic N) is 2. The zero-order valence-electron chi connectivity index (χ0n) is 13.9. The Morgan fingerprint density at radius 1 is 1.22 bits per heavy atom. The molecular weight excluding hydrogens is 401 g/mol. The summed E-state index contributed by atoms with van der Waals surface area (Å²) in [7, 11) is 1.88. The summed E-state index contributed by atoms with van der Waals surface area (Å²) in [5.74, 6) is 2.56. The number of likely N-dealkylation sites (tertiary alicyclic amines) is 1. The zero-order chi connectivity index (χ0) is 15.2. The van der Waals surface area contributed by atoms with E-state index in [0.717, 1.165) is 38.1 Å². The molecule has 1 heterocycles. The van der Waals surface area contributed by atoms with Crippen molar-refractivity contribution in [3.63, 3.8) is 0 Å². The normalized spacial score (nSPS) is 21.2. The Morgan fingerprint density at radius 3 is 2.70 bits per heavy atom. The summed E-state index contributed by atoms with van der Waals surface area (Å²) >= 11 is 0. The monoisotopic (exact) mass is 429 g/mol. The Morgan fingerprint density at radius 2 is 2.00 bits per heavy atom. The summed E-state index contributed by atoms with van der Waals surface area (Å²) in [5, 5.41) is 3.51. The molecule has 2 aliphatic rings. The van der Waals surface area contributed by atoms with Gasteiger partial charge in [-0.2, -0.15) is 0 Å². The molecule has 0 radical (unpaired) electrons. The van der Waals surface area contributed by atoms with Gasteiger partial charge in [0.05, 0.1) is 13.2 Å². The first kappa shape index (κ1) is 18.5. The molecule has 4 nitrogen and oxygen atoms in total. The minimum Gasteiger partial charge on any atom is -0.376 e. The second-order valence-electron chi connectivity index (χ2n) is 6.47. The molecule has 1 unspecified atom stereocenters. The standard InChI is InChI=1S/C18H27N3O.HI/c1-19-18(20-11-15-7-8-15)21-10-9-17(12-21)14-22-13-16-5-3-2-4-6-16;/h2-6,15,17H,7-14H2,1H3,(H,19,20);1H. The molecule has 1 aliphatic carbocycles. The van der Waals surface area contributed by atoms with Crippen LogP contribution in [0, 0.1) is 11.8 Å². The first-order valence-electron chi connectivity index (χ1n) is 8.42. The van der Waals surface area contributed by atoms with Crippen LogP contribution in [0.25, 0.3) is 0 Å². The minimum absolute atomic E-state index is 0. The second-order valence-corrected chi connectivity index (χ2v) is 6.47. The van der Waals surface area contributed by atoms with Gasteiger partial charge >= 0.3 is 0 Å². The molecule has 1 N–H and O–H groups in total. The number of guanidine groups is 1. The van der Waals surface area contributed by atoms with Gasteiger partial charge in [-0.3, -0.25) is 4.99 Å². The van der Waals surface area contributed by atoms with Gasteiger partial charge in [0, 0.05) is 32.6 Å². The van der Waals surface area contributed by atoms with E-state index in [1.54, 1.807) is 0 Å². The fourth-order valence-corrected chi connectivity index (χ4v) is 2.97. The molecule has 0 aromatic heterocycles. The van der Waals surface area contributed by atoms with Gasteiger partial charge in [0.15, 0.2) is 5.96 Å². The van der Waals surface area contributed by atoms with Gasteiger partial charge in [-0.1, -0.05) is 30.3 Å². The van der Waals surface area contributed by atoms with Crippen LogP contribution in [0.15, 0.2) is 35.3 Å². The van der Waals surface area contributed by atoms with Crippen molar-refractivity contribution in [1.82, 2.24) is 10.2 Å². The Kier molecular flexibility index (Phi) is 7.62. The van der Waals surface area contributed by atoms with E-state index in [9.17, 15) is 0 Å². The van der Waals surface area contributed by atoms with Crippen LogP contribution in [0.5, 0.6) is 0 Å². The van der Waals surface area contributed by atoms with Crippen molar-refractivity contribution in [2.75, 3.05) is 33.3 Å². The number of benzene rings is 1. The molecule has 128 valence electrons. The third kappa shape index (κ3) is 5.95. The fraction of sp³-hybridized carbons (Fsp3) is 0.611. The van der Waals surface area contributed by atoms with Crippen molar-refractivity contribution in [1.29, 1.82) is 0 Å². The van der Waals surface area contributed by atoms with Crippen LogP contribution in [0.3, 0.4) is 0 Å². The van der Waals surface area contributed by atoms with Crippen LogP contribution in [0.1, 0.15) is 24.8 Å². The maximum Gasteiger partial charge on any atom is 0.193 e. The summed E-state index contributed by atoms with van der Waals surface area (Å²) in [5.41, 5.74) is 1.25. The third-order valence-electron chi connectivity index (χ3n) is 4.51. The fourth-order valence-electron chi connectivity index (χ4n) is 2.97. The SMILES string of the molecule is CN=C(NCC1CC1)N1CCC(COCc2ccccc2)C1.I. The lowest BCUT2D eigenvalue weighted by Gasteiger charge is -2.21. The van der Waals surface area contributed by atoms with Crippen molar-refractivity contribution in [3.05, 3.63) is 35.9 Å². The molecule has 3 rings (SSSR count). The maximum absolute atomic E-state index is 5.89. The van der Waals surface area contributed by atoms with E-state index in [2.05, 4.69) is 39.5 Å². The van der Waals surface area contributed by atoms with Crippen LogP contribution >= 0.6 is 24.0 Å². The highest BCUT2D eigenvalue weighted by atomic mass is 127. The summed E-state index contributed by atoms with van der Waals surface area (Å²) < 4.78 is 5.89. The summed E-state index contributed by atoms with van der Waals surface area (Å²) in [6, 6.07) is 10.4. The van der Waals surface area contributed by atoms with Crippen molar-refractivity contribution in [2.24, 2.45) is 16.8 Å². The number of ether oxygens (including phenoxy) is 1. The van der Waals surface area contributed by atoms with E-state index in [1.165, 1.54) is 24.8 Å². The highest BCUT2D eigenvalue weighted by Gasteiger charge is 2.27. The van der Waals surface area contributed by atoms with Crippen molar-refractivity contribution in [2.45, 2.75) is 25.9 Å². The smallest absolute Gasteiger partial charge is 0.193 e. The number of hydrogen-bond acceptors (Lipinski definition) is 2. The van der Waals surface area contributed by atoms with Gasteiger partial charge in [0.25, 0.3) is 0 Å². The summed E-state index contributed by atoms with van der Waals surface area (Å²) in [6.07, 6.45) is 3.94. The third-order valence-corrected chi connectivity index (χ3v) is 4.51. The Bertz CT molecular complexity index is 490. The van der Waals surface area contributed by atoms with Crippen LogP contribution < -0.4 is 5.32 Å². The van der Waals surface area contributed by atoms with E-state index >= 15 is 0 Å². The van der Waals surface area contributed by atoms with Crippen LogP contribution in [-0.4, -0.2) is 44.1 Å². The van der Waals surface area contributed by atoms with Crippen molar-refractivity contribution in [3.8, 4) is 0 Å². The molecule has 1 saturated carbocycles. The van der Waals surface area contributed by atoms with Crippen molar-refractivity contribution < 1.29 is 4.74 Å². The van der Waals surface area contributed by atoms with Gasteiger partial charge in [-0.25, -0.2) is 0 Å². The Labute approximate surface area is 156 Å². The van der Waals surface area contributed by atoms with E-state index in [0.29, 0.717) is 12.5 Å². The number of halogens is 1. The molecule has 2 fully saturated rings. The topological polar surface area (TPSA) is 36.9 Å². The van der Waals surface area contributed by atoms with E-state index in [-0.39, 0.29) is 24.0 Å². The quantitative estimate of drug-likeness (QED) is 0.429. The first-order valence-corrected chi connectivity index (χ1v) is 8.42. The molecule has 1 saturated heterocycles. The first-order chi connectivity index (χ1) is 10.8. The summed E-state index contributed by atoms with van der Waals surface area (Å²) in [6.45, 7) is 4.78. The largest absolute Gasteiger partial charge is 0.376 e. The summed E-state index contributed by atoms with van der Waals surface area (Å²) in [4.78, 5) is 6.80. The molecule has 1 atom stereocenters. The number of nitrogens with one attached hydrogen (secondary N) is 1. The number of hydrogen-bond donors (Lipinski definition) is 1. The Hall–Kier alpha value is -0.820. The highest BCUT2D eigenvalue weighted by Crippen LogP contribution is 2.27. The highest BCUT2D eigenvalue weighted by molar-refractivity contribution is 14.0. The predicted octanol–water partition coefficient (Wildman–Crippen LogP) is 3.13. The number of rotatable bonds is 6. The average molecular weight is 429 g/mol. The van der Waals surface area contributed by atoms with Crippen LogP contribution in [0.4, 0.5) is 0 Å². The van der Waals surface area contributed by atoms with E-state index in [4.69, 9.17) is 4.74 Å². The zero-order valence-corrected chi connectivity index (χ0v) is 16.2. The minimum atomic E-state index is 0. The average Bonchev–Trinajstić information content (AvgIpc) is 3.27. The lowest BCUT2D eigenvalue weighted by atomic mass is 10.1. The molecule has 1 aromatic rings. The van der Waals surface area contributed by atoms with Gasteiger partial charge in [-0.15, -0.1) is 24.0 Å². The molecule has 1 aromatic carbocycles. The number of aliphatic imine (C=N–C) groups is 1. The Balaban J connectivity index is 0.00000192. The van der Waals surface area contributed by atoms with E-state index < -0.39 is 0 Å². The molecule has 23 heavy (non-hydrogen) atoms. The lowest BCUT2D eigenvalue weighted by Crippen LogP contribution is -2.41. The maximum atomic E-state index is 5.89. The molecule has 5 heteroatoms. The lowest BCUT2D eigenvalue weighted by molar-refractivity contribution is 0.0906. The van der Waals surface area contributed by atoms with Gasteiger partial charge in [0.2, 0.25) is 0 Å². The molecular formula is C18H28IN3O. The predicted molar refractivity (Wildman–Crippen MR) is 105 cm³/mol. The van der Waals surface area contributed by atoms with Gasteiger partial charge < -0.3 is 15.0 Å². The van der Waals surface area contributed by atoms with Gasteiger partial charge in [-0.05, 0) is 30.7 Å².